The van der Waals surface area contributed by atoms with E-state index in [2.05, 4.69) is 5.32 Å². The van der Waals surface area contributed by atoms with Crippen molar-refractivity contribution >= 4 is 23.6 Å². The van der Waals surface area contributed by atoms with Crippen molar-refractivity contribution in [3.05, 3.63) is 65.2 Å². The van der Waals surface area contributed by atoms with Crippen LogP contribution in [0.1, 0.15) is 11.1 Å². The number of carboxylic acid groups (broad SMARTS) is 1. The van der Waals surface area contributed by atoms with E-state index in [0.29, 0.717) is 5.56 Å². The summed E-state index contributed by atoms with van der Waals surface area (Å²) >= 11 is 0. The molecule has 0 radical (unpaired) electrons. The van der Waals surface area contributed by atoms with Crippen LogP contribution in [0.4, 0.5) is 18.9 Å². The highest BCUT2D eigenvalue weighted by molar-refractivity contribution is 6.09. The quantitative estimate of drug-likeness (QED) is 0.579. The molecule has 2 rings (SSSR count). The van der Waals surface area contributed by atoms with Gasteiger partial charge in [-0.05, 0) is 42.0 Å². The number of hydrogen-bond acceptors (Lipinski definition) is 4. The number of benzene rings is 2. The van der Waals surface area contributed by atoms with Gasteiger partial charge >= 0.3 is 12.1 Å². The van der Waals surface area contributed by atoms with Crippen molar-refractivity contribution in [1.82, 2.24) is 0 Å². The summed E-state index contributed by atoms with van der Waals surface area (Å²) in [5, 5.41) is 20.0. The summed E-state index contributed by atoms with van der Waals surface area (Å²) in [7, 11) is 0. The Morgan fingerprint density at radius 2 is 1.86 bits per heavy atom. The van der Waals surface area contributed by atoms with E-state index in [9.17, 15) is 28.0 Å². The second-order valence-electron chi connectivity index (χ2n) is 5.45. The van der Waals surface area contributed by atoms with Gasteiger partial charge in [0.05, 0.1) is 5.56 Å². The number of amides is 1. The standard InChI is InChI=1S/C19H13F3N2O4/c20-19(21,22)14-2-1-3-15(9-14)24-18(27)13(10-23)8-12-4-6-16(7-5-12)28-11-17(25)26/h1-9H,11H2,(H,24,27)(H,25,26). The molecule has 0 aliphatic rings. The zero-order valence-corrected chi connectivity index (χ0v) is 14.2. The number of carbonyl (C=O) groups excluding carboxylic acids is 1. The molecule has 0 aliphatic carbocycles. The molecule has 0 unspecified atom stereocenters. The average Bonchev–Trinajstić information content (AvgIpc) is 2.64. The number of nitriles is 1. The Kier molecular flexibility index (Phi) is 6.39. The number of carboxylic acids is 1. The first-order valence-corrected chi connectivity index (χ1v) is 7.74. The predicted molar refractivity (Wildman–Crippen MR) is 93.2 cm³/mol. The largest absolute Gasteiger partial charge is 0.482 e. The Balaban J connectivity index is 2.13. The van der Waals surface area contributed by atoms with Gasteiger partial charge in [0, 0.05) is 5.69 Å². The van der Waals surface area contributed by atoms with Gasteiger partial charge in [0.1, 0.15) is 17.4 Å². The minimum absolute atomic E-state index is 0.0987. The van der Waals surface area contributed by atoms with Gasteiger partial charge in [-0.15, -0.1) is 0 Å². The third-order valence-corrected chi connectivity index (χ3v) is 3.37. The summed E-state index contributed by atoms with van der Waals surface area (Å²) in [5.41, 5.74) is -0.904. The van der Waals surface area contributed by atoms with E-state index < -0.39 is 30.2 Å². The van der Waals surface area contributed by atoms with E-state index in [4.69, 9.17) is 9.84 Å². The fourth-order valence-electron chi connectivity index (χ4n) is 2.09. The van der Waals surface area contributed by atoms with E-state index in [1.165, 1.54) is 36.4 Å². The Labute approximate surface area is 157 Å². The van der Waals surface area contributed by atoms with Crippen molar-refractivity contribution in [2.45, 2.75) is 6.18 Å². The lowest BCUT2D eigenvalue weighted by Gasteiger charge is -2.09. The number of ether oxygens (including phenoxy) is 1. The van der Waals surface area contributed by atoms with Crippen LogP contribution >= 0.6 is 0 Å². The molecule has 28 heavy (non-hydrogen) atoms. The van der Waals surface area contributed by atoms with E-state index in [-0.39, 0.29) is 17.0 Å². The summed E-state index contributed by atoms with van der Waals surface area (Å²) in [6, 6.07) is 11.6. The van der Waals surface area contributed by atoms with Crippen LogP contribution in [0.2, 0.25) is 0 Å². The number of hydrogen-bond donors (Lipinski definition) is 2. The van der Waals surface area contributed by atoms with Crippen molar-refractivity contribution in [1.29, 1.82) is 5.26 Å². The van der Waals surface area contributed by atoms with Crippen LogP contribution in [-0.4, -0.2) is 23.6 Å². The Hall–Kier alpha value is -3.80. The number of aliphatic carboxylic acids is 1. The monoisotopic (exact) mass is 390 g/mol. The number of halogens is 3. The molecular weight excluding hydrogens is 377 g/mol. The first-order valence-electron chi connectivity index (χ1n) is 7.74. The fourth-order valence-corrected chi connectivity index (χ4v) is 2.09. The third-order valence-electron chi connectivity index (χ3n) is 3.37. The maximum Gasteiger partial charge on any atom is 0.416 e. The maximum atomic E-state index is 12.7. The lowest BCUT2D eigenvalue weighted by Crippen LogP contribution is -2.14. The zero-order valence-electron chi connectivity index (χ0n) is 14.2. The lowest BCUT2D eigenvalue weighted by atomic mass is 10.1. The van der Waals surface area contributed by atoms with Gasteiger partial charge in [-0.25, -0.2) is 4.79 Å². The number of nitrogens with zero attached hydrogens (tertiary/aromatic N) is 1. The molecule has 2 aromatic rings. The van der Waals surface area contributed by atoms with Crippen LogP contribution in [0.25, 0.3) is 6.08 Å². The molecule has 1 amide bonds. The van der Waals surface area contributed by atoms with E-state index in [0.717, 1.165) is 18.2 Å². The molecule has 0 spiro atoms. The van der Waals surface area contributed by atoms with Crippen molar-refractivity contribution in [2.24, 2.45) is 0 Å². The first kappa shape index (κ1) is 20.5. The number of anilines is 1. The molecule has 0 heterocycles. The second kappa shape index (κ2) is 8.73. The number of alkyl halides is 3. The van der Waals surface area contributed by atoms with E-state index in [1.54, 1.807) is 6.07 Å². The molecule has 0 aliphatic heterocycles. The van der Waals surface area contributed by atoms with Crippen LogP contribution in [-0.2, 0) is 15.8 Å². The summed E-state index contributed by atoms with van der Waals surface area (Å²) < 4.78 is 43.2. The summed E-state index contributed by atoms with van der Waals surface area (Å²) in [6.07, 6.45) is -3.32. The summed E-state index contributed by atoms with van der Waals surface area (Å²) in [6.45, 7) is -0.516. The van der Waals surface area contributed by atoms with Crippen LogP contribution < -0.4 is 10.1 Å². The minimum atomic E-state index is -4.56. The highest BCUT2D eigenvalue weighted by Gasteiger charge is 2.30. The number of carbonyl (C=O) groups is 2. The summed E-state index contributed by atoms with van der Waals surface area (Å²) in [5.74, 6) is -1.72. The van der Waals surface area contributed by atoms with Gasteiger partial charge in [0.2, 0.25) is 0 Å². The molecule has 0 saturated heterocycles. The second-order valence-corrected chi connectivity index (χ2v) is 5.45. The van der Waals surface area contributed by atoms with E-state index >= 15 is 0 Å². The molecule has 9 heteroatoms. The molecular formula is C19H13F3N2O4. The number of nitrogens with one attached hydrogen (secondary N) is 1. The lowest BCUT2D eigenvalue weighted by molar-refractivity contribution is -0.139. The predicted octanol–water partition coefficient (Wildman–Crippen LogP) is 3.71. The molecule has 144 valence electrons. The topological polar surface area (TPSA) is 99.4 Å². The molecule has 0 aromatic heterocycles. The molecule has 0 fully saturated rings. The summed E-state index contributed by atoms with van der Waals surface area (Å²) in [4.78, 5) is 22.6. The molecule has 0 bridgehead atoms. The van der Waals surface area contributed by atoms with Crippen LogP contribution in [0.3, 0.4) is 0 Å². The average molecular weight is 390 g/mol. The SMILES string of the molecule is N#CC(=Cc1ccc(OCC(=O)O)cc1)C(=O)Nc1cccc(C(F)(F)F)c1. The van der Waals surface area contributed by atoms with Gasteiger partial charge in [0.15, 0.2) is 6.61 Å². The van der Waals surface area contributed by atoms with Gasteiger partial charge in [-0.3, -0.25) is 4.79 Å². The highest BCUT2D eigenvalue weighted by atomic mass is 19.4. The Morgan fingerprint density at radius 1 is 1.18 bits per heavy atom. The van der Waals surface area contributed by atoms with Crippen molar-refractivity contribution < 1.29 is 32.6 Å². The molecule has 0 saturated carbocycles. The molecule has 0 atom stereocenters. The Morgan fingerprint density at radius 3 is 2.43 bits per heavy atom. The smallest absolute Gasteiger partial charge is 0.416 e. The third kappa shape index (κ3) is 5.88. The maximum absolute atomic E-state index is 12.7. The van der Waals surface area contributed by atoms with Crippen LogP contribution in [0, 0.1) is 11.3 Å². The van der Waals surface area contributed by atoms with Crippen LogP contribution in [0.5, 0.6) is 5.75 Å². The number of rotatable bonds is 6. The van der Waals surface area contributed by atoms with Crippen molar-refractivity contribution in [3.63, 3.8) is 0 Å². The highest BCUT2D eigenvalue weighted by Crippen LogP contribution is 2.30. The van der Waals surface area contributed by atoms with Gasteiger partial charge in [0.25, 0.3) is 5.91 Å². The van der Waals surface area contributed by atoms with Crippen molar-refractivity contribution in [3.8, 4) is 11.8 Å². The van der Waals surface area contributed by atoms with Crippen LogP contribution in [0.15, 0.2) is 54.1 Å². The molecule has 2 N–H and O–H groups in total. The normalized spacial score (nSPS) is 11.4. The van der Waals surface area contributed by atoms with Crippen molar-refractivity contribution in [2.75, 3.05) is 11.9 Å². The molecule has 6 nitrogen and oxygen atoms in total. The minimum Gasteiger partial charge on any atom is -0.482 e. The molecule has 2 aromatic carbocycles. The zero-order chi connectivity index (χ0) is 20.7. The Bertz CT molecular complexity index is 945. The van der Waals surface area contributed by atoms with Gasteiger partial charge in [-0.1, -0.05) is 18.2 Å². The van der Waals surface area contributed by atoms with Gasteiger partial charge in [-0.2, -0.15) is 18.4 Å². The van der Waals surface area contributed by atoms with E-state index in [1.807, 2.05) is 0 Å². The first-order chi connectivity index (χ1) is 13.2. The van der Waals surface area contributed by atoms with Gasteiger partial charge < -0.3 is 15.2 Å². The fraction of sp³-hybridized carbons (Fsp3) is 0.105.